The number of aromatic nitrogens is 4. The number of fused-ring (bicyclic) bond motifs is 1. The van der Waals surface area contributed by atoms with Crippen molar-refractivity contribution in [3.8, 4) is 0 Å². The third-order valence-electron chi connectivity index (χ3n) is 2.48. The molecule has 0 saturated carbocycles. The molecular formula is C11H8N4O3. The van der Waals surface area contributed by atoms with Gasteiger partial charge in [0.05, 0.1) is 17.4 Å². The number of hydrogen-bond donors (Lipinski definition) is 1. The van der Waals surface area contributed by atoms with Gasteiger partial charge in [-0.2, -0.15) is 0 Å². The number of para-hydroxylation sites is 2. The van der Waals surface area contributed by atoms with Gasteiger partial charge in [0.15, 0.2) is 0 Å². The van der Waals surface area contributed by atoms with Crippen molar-refractivity contribution in [2.45, 2.75) is 6.54 Å². The van der Waals surface area contributed by atoms with Crippen LogP contribution in [0.1, 0.15) is 16.6 Å². The minimum absolute atomic E-state index is 0.232. The number of carboxylic acids is 1. The molecule has 3 aromatic rings. The summed E-state index contributed by atoms with van der Waals surface area (Å²) < 4.78 is 6.81. The first kappa shape index (κ1) is 10.5. The zero-order valence-electron chi connectivity index (χ0n) is 9.15. The minimum atomic E-state index is -1.23. The van der Waals surface area contributed by atoms with Gasteiger partial charge < -0.3 is 14.1 Å². The molecule has 0 unspecified atom stereocenters. The van der Waals surface area contributed by atoms with Crippen molar-refractivity contribution >= 4 is 17.0 Å². The molecule has 1 N–H and O–H groups in total. The van der Waals surface area contributed by atoms with Crippen LogP contribution in [-0.4, -0.2) is 30.8 Å². The number of carboxylic acid groups (broad SMARTS) is 1. The Morgan fingerprint density at radius 3 is 2.94 bits per heavy atom. The monoisotopic (exact) mass is 244 g/mol. The van der Waals surface area contributed by atoms with Gasteiger partial charge in [-0.3, -0.25) is 0 Å². The summed E-state index contributed by atoms with van der Waals surface area (Å²) in [5.74, 6) is -1.41. The summed E-state index contributed by atoms with van der Waals surface area (Å²) in [5, 5.41) is 15.8. The molecule has 7 nitrogen and oxygen atoms in total. The first-order valence-corrected chi connectivity index (χ1v) is 5.19. The van der Waals surface area contributed by atoms with Crippen molar-refractivity contribution in [2.24, 2.45) is 0 Å². The average Bonchev–Trinajstić information content (AvgIpc) is 2.98. The zero-order valence-corrected chi connectivity index (χ0v) is 9.15. The van der Waals surface area contributed by atoms with E-state index in [4.69, 9.17) is 9.52 Å². The lowest BCUT2D eigenvalue weighted by molar-refractivity contribution is 0.0651. The molecule has 3 rings (SSSR count). The lowest BCUT2D eigenvalue weighted by Crippen LogP contribution is -1.98. The van der Waals surface area contributed by atoms with E-state index in [1.165, 1.54) is 0 Å². The van der Waals surface area contributed by atoms with Gasteiger partial charge in [-0.1, -0.05) is 12.1 Å². The van der Waals surface area contributed by atoms with Crippen LogP contribution in [0.15, 0.2) is 35.0 Å². The van der Waals surface area contributed by atoms with Crippen molar-refractivity contribution in [1.29, 1.82) is 0 Å². The second-order valence-corrected chi connectivity index (χ2v) is 3.67. The maximum atomic E-state index is 10.6. The van der Waals surface area contributed by atoms with Gasteiger partial charge in [-0.05, 0) is 12.1 Å². The molecular weight excluding hydrogens is 236 g/mol. The second kappa shape index (κ2) is 3.95. The minimum Gasteiger partial charge on any atom is -0.474 e. The van der Waals surface area contributed by atoms with Crippen LogP contribution in [0.25, 0.3) is 11.0 Å². The van der Waals surface area contributed by atoms with Crippen LogP contribution < -0.4 is 0 Å². The molecule has 0 bridgehead atoms. The maximum absolute atomic E-state index is 10.6. The third kappa shape index (κ3) is 1.71. The standard InChI is InChI=1S/C11H8N4O3/c16-11(17)10-14-13-9(18-10)5-15-6-12-7-3-1-2-4-8(7)15/h1-4,6H,5H2,(H,16,17). The van der Waals surface area contributed by atoms with Crippen molar-refractivity contribution in [2.75, 3.05) is 0 Å². The molecule has 0 aliphatic rings. The van der Waals surface area contributed by atoms with Crippen LogP contribution in [0.4, 0.5) is 0 Å². The Morgan fingerprint density at radius 1 is 1.33 bits per heavy atom. The largest absolute Gasteiger partial charge is 0.474 e. The number of benzene rings is 1. The van der Waals surface area contributed by atoms with Crippen molar-refractivity contribution in [3.63, 3.8) is 0 Å². The number of carbonyl (C=O) groups is 1. The van der Waals surface area contributed by atoms with E-state index >= 15 is 0 Å². The Morgan fingerprint density at radius 2 is 2.17 bits per heavy atom. The van der Waals surface area contributed by atoms with Gasteiger partial charge in [-0.15, -0.1) is 10.2 Å². The summed E-state index contributed by atoms with van der Waals surface area (Å²) in [5.41, 5.74) is 1.78. The van der Waals surface area contributed by atoms with E-state index in [1.807, 2.05) is 28.8 Å². The van der Waals surface area contributed by atoms with Crippen molar-refractivity contribution in [3.05, 3.63) is 42.4 Å². The predicted molar refractivity (Wildman–Crippen MR) is 60.1 cm³/mol. The fourth-order valence-corrected chi connectivity index (χ4v) is 1.69. The fraction of sp³-hybridized carbons (Fsp3) is 0.0909. The highest BCUT2D eigenvalue weighted by Crippen LogP contribution is 2.13. The van der Waals surface area contributed by atoms with E-state index in [1.54, 1.807) is 6.33 Å². The van der Waals surface area contributed by atoms with E-state index in [2.05, 4.69) is 15.2 Å². The molecule has 0 spiro atoms. The lowest BCUT2D eigenvalue weighted by Gasteiger charge is -1.98. The molecule has 0 atom stereocenters. The van der Waals surface area contributed by atoms with Crippen molar-refractivity contribution < 1.29 is 14.3 Å². The molecule has 0 saturated heterocycles. The number of nitrogens with zero attached hydrogens (tertiary/aromatic N) is 4. The van der Waals surface area contributed by atoms with E-state index in [9.17, 15) is 4.79 Å². The quantitative estimate of drug-likeness (QED) is 0.743. The Hall–Kier alpha value is -2.70. The highest BCUT2D eigenvalue weighted by molar-refractivity contribution is 5.81. The number of hydrogen-bond acceptors (Lipinski definition) is 5. The van der Waals surface area contributed by atoms with Crippen molar-refractivity contribution in [1.82, 2.24) is 19.7 Å². The highest BCUT2D eigenvalue weighted by atomic mass is 16.4. The van der Waals surface area contributed by atoms with E-state index in [0.29, 0.717) is 6.54 Å². The van der Waals surface area contributed by atoms with E-state index in [-0.39, 0.29) is 5.89 Å². The highest BCUT2D eigenvalue weighted by Gasteiger charge is 2.13. The molecule has 0 fully saturated rings. The first-order valence-electron chi connectivity index (χ1n) is 5.19. The van der Waals surface area contributed by atoms with Gasteiger partial charge in [0.2, 0.25) is 5.89 Å². The van der Waals surface area contributed by atoms with Crippen LogP contribution in [-0.2, 0) is 6.54 Å². The first-order chi connectivity index (χ1) is 8.74. The SMILES string of the molecule is O=C(O)c1nnc(Cn2cnc3ccccc32)o1. The second-order valence-electron chi connectivity index (χ2n) is 3.67. The Balaban J connectivity index is 1.93. The average molecular weight is 244 g/mol. The van der Waals surface area contributed by atoms with E-state index < -0.39 is 11.9 Å². The van der Waals surface area contributed by atoms with Gasteiger partial charge in [0.25, 0.3) is 0 Å². The zero-order chi connectivity index (χ0) is 12.5. The number of imidazole rings is 1. The lowest BCUT2D eigenvalue weighted by atomic mass is 10.3. The Kier molecular flexibility index (Phi) is 2.30. The summed E-state index contributed by atoms with van der Waals surface area (Å²) in [6.07, 6.45) is 1.65. The van der Waals surface area contributed by atoms with Gasteiger partial charge >= 0.3 is 11.9 Å². The fourth-order valence-electron chi connectivity index (χ4n) is 1.69. The molecule has 2 aromatic heterocycles. The van der Waals surface area contributed by atoms with E-state index in [0.717, 1.165) is 11.0 Å². The molecule has 1 aromatic carbocycles. The predicted octanol–water partition coefficient (Wildman–Crippen LogP) is 1.17. The molecule has 0 aliphatic carbocycles. The number of aromatic carboxylic acids is 1. The van der Waals surface area contributed by atoms with Crippen LogP contribution in [0.2, 0.25) is 0 Å². The van der Waals surface area contributed by atoms with Crippen LogP contribution in [0.3, 0.4) is 0 Å². The Bertz CT molecular complexity index is 716. The van der Waals surface area contributed by atoms with Crippen LogP contribution in [0, 0.1) is 0 Å². The smallest absolute Gasteiger partial charge is 0.393 e. The molecule has 2 heterocycles. The van der Waals surface area contributed by atoms with Crippen LogP contribution >= 0.6 is 0 Å². The third-order valence-corrected chi connectivity index (χ3v) is 2.48. The molecule has 90 valence electrons. The van der Waals surface area contributed by atoms with Gasteiger partial charge in [0.1, 0.15) is 6.54 Å². The Labute approximate surface area is 101 Å². The number of rotatable bonds is 3. The summed E-state index contributed by atoms with van der Waals surface area (Å²) in [6.45, 7) is 0.292. The summed E-state index contributed by atoms with van der Waals surface area (Å²) in [4.78, 5) is 14.8. The van der Waals surface area contributed by atoms with Gasteiger partial charge in [0, 0.05) is 0 Å². The topological polar surface area (TPSA) is 94.0 Å². The normalized spacial score (nSPS) is 10.9. The molecule has 0 radical (unpaired) electrons. The molecule has 18 heavy (non-hydrogen) atoms. The maximum Gasteiger partial charge on any atom is 0.393 e. The molecule has 7 heteroatoms. The van der Waals surface area contributed by atoms with Crippen LogP contribution in [0.5, 0.6) is 0 Å². The summed E-state index contributed by atoms with van der Waals surface area (Å²) in [7, 11) is 0. The summed E-state index contributed by atoms with van der Waals surface area (Å²) in [6, 6.07) is 7.60. The van der Waals surface area contributed by atoms with Gasteiger partial charge in [-0.25, -0.2) is 9.78 Å². The molecule has 0 aliphatic heterocycles. The summed E-state index contributed by atoms with van der Waals surface area (Å²) >= 11 is 0. The molecule has 0 amide bonds.